The molecule has 2 rings (SSSR count). The summed E-state index contributed by atoms with van der Waals surface area (Å²) in [5, 5.41) is 9.89. The van der Waals surface area contributed by atoms with Crippen molar-refractivity contribution < 1.29 is 13.5 Å². The Morgan fingerprint density at radius 1 is 1.50 bits per heavy atom. The van der Waals surface area contributed by atoms with E-state index in [-0.39, 0.29) is 24.2 Å². The number of sulfone groups is 1. The number of halogens is 1. The summed E-state index contributed by atoms with van der Waals surface area (Å²) in [6, 6.07) is 5.20. The first kappa shape index (κ1) is 13.6. The first-order valence-electron chi connectivity index (χ1n) is 5.75. The molecular formula is C12H16ClNO3S. The molecule has 0 aromatic heterocycles. The van der Waals surface area contributed by atoms with Crippen LogP contribution >= 0.6 is 11.6 Å². The van der Waals surface area contributed by atoms with Crippen LogP contribution in [-0.2, 0) is 16.4 Å². The first-order valence-corrected chi connectivity index (χ1v) is 7.95. The number of hydrogen-bond acceptors (Lipinski definition) is 4. The molecule has 1 atom stereocenters. The van der Waals surface area contributed by atoms with Crippen LogP contribution in [0.4, 0.5) is 5.69 Å². The molecule has 0 radical (unpaired) electrons. The van der Waals surface area contributed by atoms with E-state index in [1.54, 1.807) is 18.2 Å². The molecular weight excluding hydrogens is 274 g/mol. The second kappa shape index (κ2) is 5.07. The summed E-state index contributed by atoms with van der Waals surface area (Å²) in [6.45, 7) is -0.0870. The van der Waals surface area contributed by atoms with Gasteiger partial charge < -0.3 is 10.0 Å². The van der Waals surface area contributed by atoms with Gasteiger partial charge >= 0.3 is 0 Å². The fourth-order valence-corrected chi connectivity index (χ4v) is 4.22. The maximum atomic E-state index is 11.5. The van der Waals surface area contributed by atoms with E-state index >= 15 is 0 Å². The number of hydrogen-bond donors (Lipinski definition) is 1. The SMILES string of the molecule is CN(c1cc(Cl)ccc1CO)C1CCS(=O)(=O)C1. The van der Waals surface area contributed by atoms with Gasteiger partial charge in [-0.2, -0.15) is 0 Å². The first-order chi connectivity index (χ1) is 8.43. The van der Waals surface area contributed by atoms with E-state index in [1.807, 2.05) is 11.9 Å². The van der Waals surface area contributed by atoms with Crippen LogP contribution in [0.25, 0.3) is 0 Å². The highest BCUT2D eigenvalue weighted by molar-refractivity contribution is 7.91. The van der Waals surface area contributed by atoms with Crippen molar-refractivity contribution in [3.05, 3.63) is 28.8 Å². The summed E-state index contributed by atoms with van der Waals surface area (Å²) in [6.07, 6.45) is 0.621. The van der Waals surface area contributed by atoms with Crippen molar-refractivity contribution in [1.82, 2.24) is 0 Å². The number of nitrogens with zero attached hydrogens (tertiary/aromatic N) is 1. The van der Waals surface area contributed by atoms with Crippen LogP contribution in [0.3, 0.4) is 0 Å². The fourth-order valence-electron chi connectivity index (χ4n) is 2.28. The lowest BCUT2D eigenvalue weighted by atomic mass is 10.1. The van der Waals surface area contributed by atoms with E-state index in [0.717, 1.165) is 11.3 Å². The summed E-state index contributed by atoms with van der Waals surface area (Å²) in [4.78, 5) is 1.90. The van der Waals surface area contributed by atoms with Crippen LogP contribution in [0.15, 0.2) is 18.2 Å². The van der Waals surface area contributed by atoms with E-state index in [9.17, 15) is 13.5 Å². The maximum absolute atomic E-state index is 11.5. The Labute approximate surface area is 112 Å². The van der Waals surface area contributed by atoms with Gasteiger partial charge in [0.2, 0.25) is 0 Å². The molecule has 1 aromatic rings. The third kappa shape index (κ3) is 2.79. The van der Waals surface area contributed by atoms with Gasteiger partial charge in [0.05, 0.1) is 18.1 Å². The highest BCUT2D eigenvalue weighted by Gasteiger charge is 2.31. The van der Waals surface area contributed by atoms with Crippen LogP contribution in [-0.4, -0.2) is 38.1 Å². The molecule has 0 spiro atoms. The Balaban J connectivity index is 2.28. The average Bonchev–Trinajstić information content (AvgIpc) is 2.68. The Morgan fingerprint density at radius 2 is 2.22 bits per heavy atom. The summed E-state index contributed by atoms with van der Waals surface area (Å²) in [5.74, 6) is 0.401. The standard InChI is InChI=1S/C12H16ClNO3S/c1-14(11-4-5-18(16,17)8-11)12-6-10(13)3-2-9(12)7-15/h2-3,6,11,15H,4-5,7-8H2,1H3. The van der Waals surface area contributed by atoms with E-state index in [0.29, 0.717) is 11.4 Å². The summed E-state index contributed by atoms with van der Waals surface area (Å²) < 4.78 is 23.0. The molecule has 1 heterocycles. The molecule has 0 amide bonds. The van der Waals surface area contributed by atoms with Crippen molar-refractivity contribution in [2.45, 2.75) is 19.1 Å². The van der Waals surface area contributed by atoms with Crippen molar-refractivity contribution in [3.63, 3.8) is 0 Å². The van der Waals surface area contributed by atoms with Crippen molar-refractivity contribution in [2.24, 2.45) is 0 Å². The van der Waals surface area contributed by atoms with Crippen LogP contribution in [0.1, 0.15) is 12.0 Å². The second-order valence-electron chi connectivity index (χ2n) is 4.60. The minimum absolute atomic E-state index is 0.0428. The molecule has 1 aromatic carbocycles. The molecule has 100 valence electrons. The van der Waals surface area contributed by atoms with Crippen molar-refractivity contribution in [1.29, 1.82) is 0 Å². The number of anilines is 1. The molecule has 0 bridgehead atoms. The molecule has 18 heavy (non-hydrogen) atoms. The summed E-state index contributed by atoms with van der Waals surface area (Å²) >= 11 is 5.95. The quantitative estimate of drug-likeness (QED) is 0.915. The predicted molar refractivity (Wildman–Crippen MR) is 72.8 cm³/mol. The Kier molecular flexibility index (Phi) is 3.84. The predicted octanol–water partition coefficient (Wildman–Crippen LogP) is 1.46. The van der Waals surface area contributed by atoms with E-state index in [1.165, 1.54) is 0 Å². The van der Waals surface area contributed by atoms with Gasteiger partial charge in [0.15, 0.2) is 9.84 Å². The molecule has 1 aliphatic heterocycles. The van der Waals surface area contributed by atoms with Crippen molar-refractivity contribution >= 4 is 27.1 Å². The van der Waals surface area contributed by atoms with Gasteiger partial charge in [0.1, 0.15) is 0 Å². The zero-order chi connectivity index (χ0) is 13.3. The largest absolute Gasteiger partial charge is 0.392 e. The summed E-state index contributed by atoms with van der Waals surface area (Å²) in [5.41, 5.74) is 1.55. The molecule has 1 saturated heterocycles. The number of benzene rings is 1. The lowest BCUT2D eigenvalue weighted by molar-refractivity contribution is 0.282. The highest BCUT2D eigenvalue weighted by Crippen LogP contribution is 2.28. The van der Waals surface area contributed by atoms with Crippen LogP contribution in [0.5, 0.6) is 0 Å². The molecule has 6 heteroatoms. The Bertz CT molecular complexity index is 544. The fraction of sp³-hybridized carbons (Fsp3) is 0.500. The third-order valence-corrected chi connectivity index (χ3v) is 5.34. The topological polar surface area (TPSA) is 57.6 Å². The molecule has 1 fully saturated rings. The van der Waals surface area contributed by atoms with Gasteiger partial charge in [-0.15, -0.1) is 0 Å². The maximum Gasteiger partial charge on any atom is 0.152 e. The lowest BCUT2D eigenvalue weighted by Gasteiger charge is -2.27. The van der Waals surface area contributed by atoms with Gasteiger partial charge in [0.25, 0.3) is 0 Å². The van der Waals surface area contributed by atoms with Gasteiger partial charge in [0, 0.05) is 29.4 Å². The normalized spacial score (nSPS) is 22.1. The van der Waals surface area contributed by atoms with Crippen LogP contribution < -0.4 is 4.90 Å². The molecule has 1 aliphatic rings. The van der Waals surface area contributed by atoms with Gasteiger partial charge in [-0.1, -0.05) is 17.7 Å². The highest BCUT2D eigenvalue weighted by atomic mass is 35.5. The number of aliphatic hydroxyl groups is 1. The van der Waals surface area contributed by atoms with E-state index < -0.39 is 9.84 Å². The minimum atomic E-state index is -2.92. The number of aliphatic hydroxyl groups excluding tert-OH is 1. The molecule has 0 saturated carbocycles. The molecule has 1 unspecified atom stereocenters. The smallest absolute Gasteiger partial charge is 0.152 e. The Hall–Kier alpha value is -0.780. The van der Waals surface area contributed by atoms with E-state index in [2.05, 4.69) is 0 Å². The summed E-state index contributed by atoms with van der Waals surface area (Å²) in [7, 11) is -1.07. The van der Waals surface area contributed by atoms with Gasteiger partial charge in [-0.05, 0) is 18.6 Å². The van der Waals surface area contributed by atoms with Gasteiger partial charge in [-0.3, -0.25) is 0 Å². The minimum Gasteiger partial charge on any atom is -0.392 e. The average molecular weight is 290 g/mol. The van der Waals surface area contributed by atoms with E-state index in [4.69, 9.17) is 11.6 Å². The van der Waals surface area contributed by atoms with Crippen LogP contribution in [0.2, 0.25) is 5.02 Å². The molecule has 4 nitrogen and oxygen atoms in total. The van der Waals surface area contributed by atoms with Crippen molar-refractivity contribution in [3.8, 4) is 0 Å². The van der Waals surface area contributed by atoms with Crippen molar-refractivity contribution in [2.75, 3.05) is 23.5 Å². The zero-order valence-electron chi connectivity index (χ0n) is 10.1. The number of rotatable bonds is 3. The Morgan fingerprint density at radius 3 is 2.78 bits per heavy atom. The zero-order valence-corrected chi connectivity index (χ0v) is 11.7. The van der Waals surface area contributed by atoms with Crippen LogP contribution in [0, 0.1) is 0 Å². The molecule has 0 aliphatic carbocycles. The third-order valence-electron chi connectivity index (χ3n) is 3.35. The monoisotopic (exact) mass is 289 g/mol. The molecule has 1 N–H and O–H groups in total. The lowest BCUT2D eigenvalue weighted by Crippen LogP contribution is -2.33. The van der Waals surface area contributed by atoms with Gasteiger partial charge in [-0.25, -0.2) is 8.42 Å². The second-order valence-corrected chi connectivity index (χ2v) is 7.26.